The topological polar surface area (TPSA) is 133 Å². The van der Waals surface area contributed by atoms with E-state index in [0.29, 0.717) is 0 Å². The zero-order chi connectivity index (χ0) is 22.5. The van der Waals surface area contributed by atoms with Gasteiger partial charge in [-0.3, -0.25) is 14.9 Å². The van der Waals surface area contributed by atoms with Crippen molar-refractivity contribution in [1.29, 1.82) is 0 Å². The summed E-state index contributed by atoms with van der Waals surface area (Å²) in [6, 6.07) is 9.57. The predicted molar refractivity (Wildman–Crippen MR) is 105 cm³/mol. The molecule has 0 amide bonds. The zero-order valence-electron chi connectivity index (χ0n) is 16.5. The quantitative estimate of drug-likeness (QED) is 0.349. The molecule has 160 valence electrons. The molecule has 0 bridgehead atoms. The molecule has 0 atom stereocenters. The van der Waals surface area contributed by atoms with E-state index >= 15 is 0 Å². The lowest BCUT2D eigenvalue weighted by molar-refractivity contribution is -0.385. The first-order chi connectivity index (χ1) is 14.1. The number of carbonyl (C=O) groups is 2. The highest BCUT2D eigenvalue weighted by molar-refractivity contribution is 7.89. The number of ether oxygens (including phenoxy) is 2. The average Bonchev–Trinajstić information content (AvgIpc) is 2.72. The van der Waals surface area contributed by atoms with Crippen molar-refractivity contribution in [3.63, 3.8) is 0 Å². The van der Waals surface area contributed by atoms with Crippen LogP contribution < -0.4 is 0 Å². The molecule has 0 aliphatic rings. The number of rotatable bonds is 8. The Labute approximate surface area is 173 Å². The lowest BCUT2D eigenvalue weighted by Crippen LogP contribution is -2.36. The molecule has 0 spiro atoms. The number of esters is 2. The van der Waals surface area contributed by atoms with Crippen molar-refractivity contribution in [2.24, 2.45) is 0 Å². The van der Waals surface area contributed by atoms with E-state index in [4.69, 9.17) is 0 Å². The minimum absolute atomic E-state index is 0.116. The highest BCUT2D eigenvalue weighted by atomic mass is 32.2. The molecule has 30 heavy (non-hydrogen) atoms. The fourth-order valence-corrected chi connectivity index (χ4v) is 4.04. The molecular weight excluding hydrogens is 416 g/mol. The molecule has 0 fully saturated rings. The number of aryl methyl sites for hydroxylation is 1. The van der Waals surface area contributed by atoms with Crippen LogP contribution >= 0.6 is 0 Å². The highest BCUT2D eigenvalue weighted by Crippen LogP contribution is 2.27. The van der Waals surface area contributed by atoms with Gasteiger partial charge in [-0.25, -0.2) is 13.2 Å². The van der Waals surface area contributed by atoms with Gasteiger partial charge in [-0.1, -0.05) is 23.8 Å². The second-order valence-corrected chi connectivity index (χ2v) is 8.15. The summed E-state index contributed by atoms with van der Waals surface area (Å²) in [4.78, 5) is 34.6. The van der Waals surface area contributed by atoms with Crippen molar-refractivity contribution in [3.8, 4) is 0 Å². The number of methoxy groups -OCH3 is 2. The largest absolute Gasteiger partial charge is 0.468 e. The van der Waals surface area contributed by atoms with E-state index in [0.717, 1.165) is 30.2 Å². The van der Waals surface area contributed by atoms with Gasteiger partial charge >= 0.3 is 11.9 Å². The maximum Gasteiger partial charge on any atom is 0.338 e. The highest BCUT2D eigenvalue weighted by Gasteiger charge is 2.32. The maximum absolute atomic E-state index is 13.2. The van der Waals surface area contributed by atoms with Crippen LogP contribution in [0.15, 0.2) is 47.4 Å². The standard InChI is InChI=1S/C19H20N2O8S/c1-13-7-9-14(10-8-13)30(26,27)20(12-18(22)28-2)11-16-15(19(23)29-3)5-4-6-17(16)21(24)25/h4-10H,11-12H2,1-3H3. The first-order valence-corrected chi connectivity index (χ1v) is 10.0. The molecule has 2 aromatic rings. The molecule has 0 aromatic heterocycles. The van der Waals surface area contributed by atoms with Gasteiger partial charge in [0.25, 0.3) is 5.69 Å². The molecule has 0 heterocycles. The van der Waals surface area contributed by atoms with Crippen molar-refractivity contribution >= 4 is 27.6 Å². The van der Waals surface area contributed by atoms with E-state index in [1.807, 2.05) is 0 Å². The minimum Gasteiger partial charge on any atom is -0.468 e. The van der Waals surface area contributed by atoms with Gasteiger partial charge in [-0.05, 0) is 25.1 Å². The third-order valence-electron chi connectivity index (χ3n) is 4.28. The summed E-state index contributed by atoms with van der Waals surface area (Å²) in [6.07, 6.45) is 0. The second-order valence-electron chi connectivity index (χ2n) is 6.21. The Hall–Kier alpha value is -3.31. The number of nitrogens with zero attached hydrogens (tertiary/aromatic N) is 2. The van der Waals surface area contributed by atoms with Gasteiger partial charge < -0.3 is 9.47 Å². The number of nitro benzene ring substituents is 1. The number of nitro groups is 1. The van der Waals surface area contributed by atoms with Crippen molar-refractivity contribution in [2.45, 2.75) is 18.4 Å². The molecule has 2 aromatic carbocycles. The molecule has 0 aliphatic heterocycles. The lowest BCUT2D eigenvalue weighted by Gasteiger charge is -2.22. The molecule has 0 unspecified atom stereocenters. The number of benzene rings is 2. The molecule has 0 N–H and O–H groups in total. The van der Waals surface area contributed by atoms with Gasteiger partial charge in [-0.2, -0.15) is 4.31 Å². The van der Waals surface area contributed by atoms with Crippen LogP contribution in [-0.2, 0) is 30.8 Å². The Kier molecular flexibility index (Phi) is 7.24. The molecule has 2 rings (SSSR count). The van der Waals surface area contributed by atoms with Crippen LogP contribution in [0.5, 0.6) is 0 Å². The van der Waals surface area contributed by atoms with Gasteiger partial charge in [0.2, 0.25) is 10.0 Å². The summed E-state index contributed by atoms with van der Waals surface area (Å²) in [6.45, 7) is 0.449. The Morgan fingerprint density at radius 3 is 2.23 bits per heavy atom. The number of hydrogen-bond donors (Lipinski definition) is 0. The van der Waals surface area contributed by atoms with E-state index < -0.39 is 45.7 Å². The van der Waals surface area contributed by atoms with E-state index in [-0.39, 0.29) is 16.0 Å². The molecule has 0 saturated carbocycles. The van der Waals surface area contributed by atoms with Crippen molar-refractivity contribution in [1.82, 2.24) is 4.31 Å². The summed E-state index contributed by atoms with van der Waals surface area (Å²) < 4.78 is 36.3. The Balaban J connectivity index is 2.62. The second kappa shape index (κ2) is 9.46. The SMILES string of the molecule is COC(=O)CN(Cc1c(C(=O)OC)cccc1[N+](=O)[O-])S(=O)(=O)c1ccc(C)cc1. The van der Waals surface area contributed by atoms with Crippen molar-refractivity contribution < 1.29 is 32.4 Å². The van der Waals surface area contributed by atoms with Gasteiger partial charge in [-0.15, -0.1) is 0 Å². The molecule has 0 aliphatic carbocycles. The fraction of sp³-hybridized carbons (Fsp3) is 0.263. The summed E-state index contributed by atoms with van der Waals surface area (Å²) in [5.41, 5.74) is -0.0402. The van der Waals surface area contributed by atoms with E-state index in [1.165, 1.54) is 24.3 Å². The minimum atomic E-state index is -4.26. The predicted octanol–water partition coefficient (Wildman–Crippen LogP) is 2.05. The van der Waals surface area contributed by atoms with E-state index in [9.17, 15) is 28.1 Å². The van der Waals surface area contributed by atoms with Crippen molar-refractivity contribution in [3.05, 3.63) is 69.3 Å². The first kappa shape index (κ1) is 23.0. The van der Waals surface area contributed by atoms with Crippen LogP contribution in [0.25, 0.3) is 0 Å². The van der Waals surface area contributed by atoms with Gasteiger partial charge in [0.1, 0.15) is 6.54 Å². The van der Waals surface area contributed by atoms with Crippen LogP contribution in [0.4, 0.5) is 5.69 Å². The van der Waals surface area contributed by atoms with Crippen LogP contribution in [-0.4, -0.2) is 50.3 Å². The Bertz CT molecular complexity index is 1060. The molecule has 11 heteroatoms. The molecule has 0 radical (unpaired) electrons. The third kappa shape index (κ3) is 4.99. The van der Waals surface area contributed by atoms with Crippen molar-refractivity contribution in [2.75, 3.05) is 20.8 Å². The average molecular weight is 436 g/mol. The molecule has 0 saturated heterocycles. The maximum atomic E-state index is 13.2. The van der Waals surface area contributed by atoms with Crippen LogP contribution in [0.2, 0.25) is 0 Å². The number of hydrogen-bond acceptors (Lipinski definition) is 8. The molecule has 10 nitrogen and oxygen atoms in total. The summed E-state index contributed by atoms with van der Waals surface area (Å²) in [7, 11) is -2.07. The van der Waals surface area contributed by atoms with Gasteiger partial charge in [0.15, 0.2) is 0 Å². The normalized spacial score (nSPS) is 11.2. The smallest absolute Gasteiger partial charge is 0.338 e. The monoisotopic (exact) mass is 436 g/mol. The molecular formula is C19H20N2O8S. The Morgan fingerprint density at radius 1 is 1.07 bits per heavy atom. The van der Waals surface area contributed by atoms with E-state index in [2.05, 4.69) is 9.47 Å². The first-order valence-electron chi connectivity index (χ1n) is 8.60. The lowest BCUT2D eigenvalue weighted by atomic mass is 10.1. The third-order valence-corrected chi connectivity index (χ3v) is 6.09. The fourth-order valence-electron chi connectivity index (χ4n) is 2.68. The van der Waals surface area contributed by atoms with Crippen LogP contribution in [0.3, 0.4) is 0 Å². The van der Waals surface area contributed by atoms with Gasteiger partial charge in [0, 0.05) is 12.6 Å². The van der Waals surface area contributed by atoms with Crippen LogP contribution in [0, 0.1) is 17.0 Å². The summed E-state index contributed by atoms with van der Waals surface area (Å²) in [5.74, 6) is -1.75. The number of carbonyl (C=O) groups excluding carboxylic acids is 2. The zero-order valence-corrected chi connectivity index (χ0v) is 17.3. The van der Waals surface area contributed by atoms with Gasteiger partial charge in [0.05, 0.1) is 35.2 Å². The summed E-state index contributed by atoms with van der Waals surface area (Å²) >= 11 is 0. The van der Waals surface area contributed by atoms with Crippen LogP contribution in [0.1, 0.15) is 21.5 Å². The van der Waals surface area contributed by atoms with E-state index in [1.54, 1.807) is 19.1 Å². The summed E-state index contributed by atoms with van der Waals surface area (Å²) in [5, 5.41) is 11.5. The number of sulfonamides is 1. The Morgan fingerprint density at radius 2 is 1.70 bits per heavy atom.